The molecule has 0 aliphatic rings. The van der Waals surface area contributed by atoms with Crippen molar-refractivity contribution in [1.29, 1.82) is 0 Å². The van der Waals surface area contributed by atoms with Crippen molar-refractivity contribution in [2.75, 3.05) is 11.9 Å². The molecule has 1 atom stereocenters. The number of anilines is 1. The predicted molar refractivity (Wildman–Crippen MR) is 119 cm³/mol. The molecule has 6 nitrogen and oxygen atoms in total. The van der Waals surface area contributed by atoms with Crippen molar-refractivity contribution in [2.45, 2.75) is 19.4 Å². The van der Waals surface area contributed by atoms with Crippen molar-refractivity contribution >= 4 is 34.7 Å². The summed E-state index contributed by atoms with van der Waals surface area (Å²) in [6.45, 7) is 2.14. The lowest BCUT2D eigenvalue weighted by Crippen LogP contribution is -2.31. The van der Waals surface area contributed by atoms with E-state index in [4.69, 9.17) is 0 Å². The maximum Gasteiger partial charge on any atom is 0.261 e. The van der Waals surface area contributed by atoms with Crippen molar-refractivity contribution in [3.05, 3.63) is 88.1 Å². The van der Waals surface area contributed by atoms with Crippen LogP contribution in [-0.4, -0.2) is 24.3 Å². The first-order chi connectivity index (χ1) is 14.5. The van der Waals surface area contributed by atoms with E-state index in [-0.39, 0.29) is 36.7 Å². The van der Waals surface area contributed by atoms with Crippen LogP contribution in [0.2, 0.25) is 0 Å². The van der Waals surface area contributed by atoms with Gasteiger partial charge in [0.15, 0.2) is 0 Å². The maximum atomic E-state index is 12.3. The summed E-state index contributed by atoms with van der Waals surface area (Å²) < 4.78 is 0. The van der Waals surface area contributed by atoms with E-state index in [0.717, 1.165) is 5.56 Å². The lowest BCUT2D eigenvalue weighted by Gasteiger charge is -2.16. The summed E-state index contributed by atoms with van der Waals surface area (Å²) in [6.07, 6.45) is 0.186. The molecule has 2 aromatic carbocycles. The minimum absolute atomic E-state index is 0.160. The number of benzene rings is 2. The van der Waals surface area contributed by atoms with Gasteiger partial charge in [0.05, 0.1) is 10.9 Å². The first-order valence-electron chi connectivity index (χ1n) is 9.60. The predicted octanol–water partition coefficient (Wildman–Crippen LogP) is 4.00. The second-order valence-corrected chi connectivity index (χ2v) is 7.67. The quantitative estimate of drug-likeness (QED) is 0.514. The molecule has 0 fully saturated rings. The number of carbonyl (C=O) groups is 3. The number of amides is 3. The Morgan fingerprint density at radius 2 is 1.73 bits per heavy atom. The van der Waals surface area contributed by atoms with Crippen molar-refractivity contribution < 1.29 is 14.4 Å². The van der Waals surface area contributed by atoms with Crippen LogP contribution in [0.4, 0.5) is 5.69 Å². The summed E-state index contributed by atoms with van der Waals surface area (Å²) in [5.74, 6) is -0.522. The number of thiophene rings is 1. The van der Waals surface area contributed by atoms with Crippen LogP contribution in [0.15, 0.2) is 72.1 Å². The molecule has 1 unspecified atom stereocenters. The summed E-state index contributed by atoms with van der Waals surface area (Å²) in [7, 11) is 0. The lowest BCUT2D eigenvalue weighted by molar-refractivity contribution is -0.121. The van der Waals surface area contributed by atoms with E-state index in [1.165, 1.54) is 11.3 Å². The smallest absolute Gasteiger partial charge is 0.261 e. The largest absolute Gasteiger partial charge is 0.351 e. The van der Waals surface area contributed by atoms with Crippen LogP contribution in [0.1, 0.15) is 45.0 Å². The Bertz CT molecular complexity index is 1000. The second-order valence-electron chi connectivity index (χ2n) is 6.72. The third kappa shape index (κ3) is 6.02. The second kappa shape index (κ2) is 10.4. The molecule has 1 heterocycles. The van der Waals surface area contributed by atoms with Crippen molar-refractivity contribution in [3.63, 3.8) is 0 Å². The molecular weight excluding hydrogens is 398 g/mol. The van der Waals surface area contributed by atoms with Crippen LogP contribution in [0.25, 0.3) is 0 Å². The van der Waals surface area contributed by atoms with Gasteiger partial charge in [0.25, 0.3) is 11.8 Å². The highest BCUT2D eigenvalue weighted by Crippen LogP contribution is 2.18. The van der Waals surface area contributed by atoms with Gasteiger partial charge in [-0.25, -0.2) is 0 Å². The third-order valence-corrected chi connectivity index (χ3v) is 5.31. The van der Waals surface area contributed by atoms with Gasteiger partial charge in [0.1, 0.15) is 0 Å². The van der Waals surface area contributed by atoms with Gasteiger partial charge in [-0.05, 0) is 48.2 Å². The number of nitrogens with one attached hydrogen (secondary N) is 3. The zero-order valence-electron chi connectivity index (χ0n) is 16.6. The van der Waals surface area contributed by atoms with Crippen molar-refractivity contribution in [2.24, 2.45) is 0 Å². The molecule has 0 saturated carbocycles. The molecule has 154 valence electrons. The molecule has 3 amide bonds. The highest BCUT2D eigenvalue weighted by molar-refractivity contribution is 7.12. The zero-order chi connectivity index (χ0) is 21.3. The van der Waals surface area contributed by atoms with E-state index in [1.54, 1.807) is 24.3 Å². The monoisotopic (exact) mass is 421 g/mol. The number of carbonyl (C=O) groups excluding carboxylic acids is 3. The molecule has 7 heteroatoms. The molecule has 0 aliphatic carbocycles. The fourth-order valence-corrected chi connectivity index (χ4v) is 3.50. The molecule has 1 aromatic heterocycles. The fraction of sp³-hybridized carbons (Fsp3) is 0.174. The van der Waals surface area contributed by atoms with E-state index in [2.05, 4.69) is 16.0 Å². The van der Waals surface area contributed by atoms with E-state index in [0.29, 0.717) is 16.1 Å². The topological polar surface area (TPSA) is 87.3 Å². The standard InChI is InChI=1S/C23H23N3O3S/c1-16(25-21(27)12-13-24-23(29)20-11-6-14-30-20)18-9-5-10-19(15-18)26-22(28)17-7-3-2-4-8-17/h2-11,14-16H,12-13H2,1H3,(H,24,29)(H,25,27)(H,26,28). The first-order valence-corrected chi connectivity index (χ1v) is 10.5. The van der Waals surface area contributed by atoms with Gasteiger partial charge in [-0.2, -0.15) is 0 Å². The number of hydrogen-bond acceptors (Lipinski definition) is 4. The van der Waals surface area contributed by atoms with Gasteiger partial charge in [0.2, 0.25) is 5.91 Å². The Morgan fingerprint density at radius 3 is 2.47 bits per heavy atom. The lowest BCUT2D eigenvalue weighted by atomic mass is 10.1. The molecule has 0 saturated heterocycles. The Morgan fingerprint density at radius 1 is 0.933 bits per heavy atom. The Kier molecular flexibility index (Phi) is 7.34. The Hall–Kier alpha value is -3.45. The highest BCUT2D eigenvalue weighted by atomic mass is 32.1. The summed E-state index contributed by atoms with van der Waals surface area (Å²) >= 11 is 1.36. The highest BCUT2D eigenvalue weighted by Gasteiger charge is 2.12. The molecule has 30 heavy (non-hydrogen) atoms. The molecule has 3 rings (SSSR count). The fourth-order valence-electron chi connectivity index (χ4n) is 2.86. The van der Waals surface area contributed by atoms with Gasteiger partial charge in [-0.15, -0.1) is 11.3 Å². The van der Waals surface area contributed by atoms with Crippen molar-refractivity contribution in [1.82, 2.24) is 10.6 Å². The number of rotatable bonds is 8. The number of hydrogen-bond donors (Lipinski definition) is 3. The van der Waals surface area contributed by atoms with Gasteiger partial charge >= 0.3 is 0 Å². The minimum atomic E-state index is -0.237. The molecule has 3 aromatic rings. The summed E-state index contributed by atoms with van der Waals surface area (Å²) in [6, 6.07) is 19.7. The van der Waals surface area contributed by atoms with Gasteiger partial charge in [-0.3, -0.25) is 14.4 Å². The third-order valence-electron chi connectivity index (χ3n) is 4.44. The van der Waals surface area contributed by atoms with Crippen molar-refractivity contribution in [3.8, 4) is 0 Å². The molecule has 0 bridgehead atoms. The molecule has 0 aliphatic heterocycles. The summed E-state index contributed by atoms with van der Waals surface area (Å²) in [5, 5.41) is 10.4. The van der Waals surface area contributed by atoms with E-state index in [9.17, 15) is 14.4 Å². The first kappa shape index (κ1) is 21.3. The van der Waals surface area contributed by atoms with Crippen LogP contribution >= 0.6 is 11.3 Å². The van der Waals surface area contributed by atoms with Crippen LogP contribution in [-0.2, 0) is 4.79 Å². The van der Waals surface area contributed by atoms with Crippen LogP contribution in [0, 0.1) is 0 Å². The maximum absolute atomic E-state index is 12.3. The Labute approximate surface area is 179 Å². The van der Waals surface area contributed by atoms with Crippen LogP contribution < -0.4 is 16.0 Å². The van der Waals surface area contributed by atoms with E-state index >= 15 is 0 Å². The van der Waals surface area contributed by atoms with E-state index in [1.807, 2.05) is 54.8 Å². The zero-order valence-corrected chi connectivity index (χ0v) is 17.4. The van der Waals surface area contributed by atoms with Gasteiger partial charge < -0.3 is 16.0 Å². The molecular formula is C23H23N3O3S. The average Bonchev–Trinajstić information content (AvgIpc) is 3.29. The molecule has 0 spiro atoms. The average molecular weight is 422 g/mol. The minimum Gasteiger partial charge on any atom is -0.351 e. The molecule has 3 N–H and O–H groups in total. The summed E-state index contributed by atoms with van der Waals surface area (Å²) in [5.41, 5.74) is 2.11. The van der Waals surface area contributed by atoms with Gasteiger partial charge in [-0.1, -0.05) is 36.4 Å². The Balaban J connectivity index is 1.49. The SMILES string of the molecule is CC(NC(=O)CCNC(=O)c1cccs1)c1cccc(NC(=O)c2ccccc2)c1. The van der Waals surface area contributed by atoms with E-state index < -0.39 is 0 Å². The van der Waals surface area contributed by atoms with Gasteiger partial charge in [0, 0.05) is 24.2 Å². The summed E-state index contributed by atoms with van der Waals surface area (Å²) in [4.78, 5) is 37.0. The normalized spacial score (nSPS) is 11.4. The van der Waals surface area contributed by atoms with Crippen LogP contribution in [0.3, 0.4) is 0 Å². The molecule has 0 radical (unpaired) electrons. The van der Waals surface area contributed by atoms with Crippen LogP contribution in [0.5, 0.6) is 0 Å².